The number of carbonyl (C=O) groups excluding carboxylic acids is 1. The molecule has 0 spiro atoms. The highest BCUT2D eigenvalue weighted by Gasteiger charge is 2.06. The second kappa shape index (κ2) is 13.9. The molecule has 0 aliphatic heterocycles. The van der Waals surface area contributed by atoms with Crippen molar-refractivity contribution in [3.05, 3.63) is 54.0 Å². The molecule has 0 atom stereocenters. The maximum atomic E-state index is 12.0. The number of hydrogen-bond acceptors (Lipinski definition) is 4. The molecule has 0 saturated carbocycles. The number of guanidine groups is 1. The molecule has 8 heteroatoms. The molecule has 0 aliphatic rings. The van der Waals surface area contributed by atoms with Crippen LogP contribution in [0.2, 0.25) is 0 Å². The number of benzene rings is 1. The van der Waals surface area contributed by atoms with E-state index in [2.05, 4.69) is 64.0 Å². The number of furan rings is 1. The van der Waals surface area contributed by atoms with E-state index in [1.54, 1.807) is 12.3 Å². The van der Waals surface area contributed by atoms with Crippen LogP contribution in [0.5, 0.6) is 0 Å². The van der Waals surface area contributed by atoms with Gasteiger partial charge in [0, 0.05) is 31.9 Å². The Morgan fingerprint density at radius 1 is 1.14 bits per heavy atom. The first-order valence-electron chi connectivity index (χ1n) is 9.75. The summed E-state index contributed by atoms with van der Waals surface area (Å²) in [6, 6.07) is 12.1. The molecule has 0 unspecified atom stereocenters. The zero-order chi connectivity index (χ0) is 20.2. The summed E-state index contributed by atoms with van der Waals surface area (Å²) in [4.78, 5) is 18.6. The van der Waals surface area contributed by atoms with E-state index in [4.69, 9.17) is 4.42 Å². The van der Waals surface area contributed by atoms with Crippen LogP contribution in [0, 0.1) is 6.92 Å². The van der Waals surface area contributed by atoms with Crippen LogP contribution in [0.1, 0.15) is 25.2 Å². The first-order valence-corrected chi connectivity index (χ1v) is 9.75. The van der Waals surface area contributed by atoms with Gasteiger partial charge in [-0.3, -0.25) is 4.79 Å². The maximum absolute atomic E-state index is 12.0. The molecule has 0 fully saturated rings. The first kappa shape index (κ1) is 24.8. The molecule has 0 aliphatic carbocycles. The lowest BCUT2D eigenvalue weighted by Crippen LogP contribution is -2.42. The van der Waals surface area contributed by atoms with E-state index in [-0.39, 0.29) is 36.4 Å². The third kappa shape index (κ3) is 9.21. The Morgan fingerprint density at radius 3 is 2.62 bits per heavy atom. The summed E-state index contributed by atoms with van der Waals surface area (Å²) >= 11 is 0. The molecule has 1 amide bonds. The Kier molecular flexibility index (Phi) is 11.9. The minimum absolute atomic E-state index is 0. The number of anilines is 1. The highest BCUT2D eigenvalue weighted by Crippen LogP contribution is 2.14. The summed E-state index contributed by atoms with van der Waals surface area (Å²) < 4.78 is 5.20. The van der Waals surface area contributed by atoms with E-state index >= 15 is 0 Å². The Hall–Kier alpha value is -2.23. The van der Waals surface area contributed by atoms with Crippen molar-refractivity contribution < 1.29 is 9.21 Å². The second-order valence-electron chi connectivity index (χ2n) is 6.40. The number of amides is 1. The van der Waals surface area contributed by atoms with Crippen molar-refractivity contribution in [2.45, 2.75) is 27.3 Å². The van der Waals surface area contributed by atoms with E-state index < -0.39 is 0 Å². The van der Waals surface area contributed by atoms with Crippen LogP contribution >= 0.6 is 24.0 Å². The third-order valence-corrected chi connectivity index (χ3v) is 4.19. The van der Waals surface area contributed by atoms with Crippen LogP contribution < -0.4 is 20.9 Å². The average molecular weight is 513 g/mol. The van der Waals surface area contributed by atoms with Gasteiger partial charge in [-0.25, -0.2) is 4.99 Å². The van der Waals surface area contributed by atoms with Crippen LogP contribution in [0.3, 0.4) is 0 Å². The third-order valence-electron chi connectivity index (χ3n) is 4.19. The van der Waals surface area contributed by atoms with Crippen molar-refractivity contribution in [1.82, 2.24) is 16.0 Å². The van der Waals surface area contributed by atoms with Gasteiger partial charge in [0.1, 0.15) is 12.3 Å². The van der Waals surface area contributed by atoms with Crippen molar-refractivity contribution in [2.24, 2.45) is 4.99 Å². The molecule has 1 aromatic heterocycles. The SMILES string of the molecule is CCNC(=NCC(=O)NCc1ccco1)NCCN(CC)c1cccc(C)c1.I. The monoisotopic (exact) mass is 513 g/mol. The lowest BCUT2D eigenvalue weighted by molar-refractivity contribution is -0.119. The minimum Gasteiger partial charge on any atom is -0.467 e. The molecule has 2 aromatic rings. The Balaban J connectivity index is 0.00000420. The van der Waals surface area contributed by atoms with Crippen LogP contribution in [0.25, 0.3) is 0 Å². The number of aliphatic imine (C=N–C) groups is 1. The highest BCUT2D eigenvalue weighted by molar-refractivity contribution is 14.0. The maximum Gasteiger partial charge on any atom is 0.242 e. The van der Waals surface area contributed by atoms with E-state index in [0.29, 0.717) is 12.5 Å². The van der Waals surface area contributed by atoms with Crippen LogP contribution in [-0.4, -0.2) is 44.6 Å². The lowest BCUT2D eigenvalue weighted by Gasteiger charge is -2.24. The van der Waals surface area contributed by atoms with Crippen molar-refractivity contribution in [3.8, 4) is 0 Å². The number of aryl methyl sites for hydroxylation is 1. The van der Waals surface area contributed by atoms with Crippen LogP contribution in [0.4, 0.5) is 5.69 Å². The molecule has 160 valence electrons. The standard InChI is InChI=1S/C21H31N5O2.HI/c1-4-22-21(25-16-20(27)24-15-19-10-7-13-28-19)23-11-12-26(5-2)18-9-6-8-17(3)14-18;/h6-10,13-14H,4-5,11-12,15-16H2,1-3H3,(H,24,27)(H2,22,23,25);1H. The molecule has 3 N–H and O–H groups in total. The van der Waals surface area contributed by atoms with Gasteiger partial charge >= 0.3 is 0 Å². The van der Waals surface area contributed by atoms with Gasteiger partial charge in [-0.1, -0.05) is 12.1 Å². The largest absolute Gasteiger partial charge is 0.467 e. The van der Waals surface area contributed by atoms with Gasteiger partial charge in [-0.05, 0) is 50.6 Å². The summed E-state index contributed by atoms with van der Waals surface area (Å²) in [7, 11) is 0. The zero-order valence-corrected chi connectivity index (χ0v) is 19.7. The Labute approximate surface area is 190 Å². The van der Waals surface area contributed by atoms with Crippen molar-refractivity contribution in [3.63, 3.8) is 0 Å². The molecule has 1 heterocycles. The fraction of sp³-hybridized carbons (Fsp3) is 0.429. The second-order valence-corrected chi connectivity index (χ2v) is 6.40. The van der Waals surface area contributed by atoms with Gasteiger partial charge in [0.05, 0.1) is 12.8 Å². The Morgan fingerprint density at radius 2 is 1.97 bits per heavy atom. The molecule has 1 aromatic carbocycles. The van der Waals surface area contributed by atoms with E-state index in [9.17, 15) is 4.79 Å². The summed E-state index contributed by atoms with van der Waals surface area (Å²) in [5.74, 6) is 1.21. The van der Waals surface area contributed by atoms with Gasteiger partial charge in [0.25, 0.3) is 0 Å². The number of rotatable bonds is 10. The number of likely N-dealkylation sites (N-methyl/N-ethyl adjacent to an activating group) is 1. The summed E-state index contributed by atoms with van der Waals surface area (Å²) in [5.41, 5.74) is 2.46. The quantitative estimate of drug-likeness (QED) is 0.259. The molecule has 7 nitrogen and oxygen atoms in total. The molecular formula is C21H32IN5O2. The number of nitrogens with one attached hydrogen (secondary N) is 3. The summed E-state index contributed by atoms with van der Waals surface area (Å²) in [5, 5.41) is 9.25. The normalized spacial score (nSPS) is 10.8. The molecule has 2 rings (SSSR count). The van der Waals surface area contributed by atoms with Gasteiger partial charge in [-0.15, -0.1) is 24.0 Å². The van der Waals surface area contributed by atoms with Crippen LogP contribution in [0.15, 0.2) is 52.1 Å². The minimum atomic E-state index is -0.149. The van der Waals surface area contributed by atoms with E-state index in [1.165, 1.54) is 11.3 Å². The predicted molar refractivity (Wildman–Crippen MR) is 129 cm³/mol. The molecule has 0 bridgehead atoms. The van der Waals surface area contributed by atoms with Crippen LogP contribution in [-0.2, 0) is 11.3 Å². The molecular weight excluding hydrogens is 481 g/mol. The van der Waals surface area contributed by atoms with Gasteiger partial charge in [0.15, 0.2) is 5.96 Å². The van der Waals surface area contributed by atoms with E-state index in [0.717, 1.165) is 31.9 Å². The summed E-state index contributed by atoms with van der Waals surface area (Å²) in [6.07, 6.45) is 1.59. The number of carbonyl (C=O) groups is 1. The number of halogens is 1. The fourth-order valence-electron chi connectivity index (χ4n) is 2.75. The van der Waals surface area contributed by atoms with Crippen molar-refractivity contribution in [1.29, 1.82) is 0 Å². The highest BCUT2D eigenvalue weighted by atomic mass is 127. The number of hydrogen-bond donors (Lipinski definition) is 3. The molecule has 0 saturated heterocycles. The van der Waals surface area contributed by atoms with Gasteiger partial charge in [-0.2, -0.15) is 0 Å². The van der Waals surface area contributed by atoms with Crippen molar-refractivity contribution in [2.75, 3.05) is 37.6 Å². The van der Waals surface area contributed by atoms with E-state index in [1.807, 2.05) is 13.0 Å². The number of nitrogens with zero attached hydrogens (tertiary/aromatic N) is 2. The molecule has 29 heavy (non-hydrogen) atoms. The topological polar surface area (TPSA) is 81.9 Å². The average Bonchev–Trinajstić information content (AvgIpc) is 3.21. The smallest absolute Gasteiger partial charge is 0.242 e. The zero-order valence-electron chi connectivity index (χ0n) is 17.4. The van der Waals surface area contributed by atoms with Crippen molar-refractivity contribution >= 4 is 41.5 Å². The first-order chi connectivity index (χ1) is 13.6. The lowest BCUT2D eigenvalue weighted by atomic mass is 10.2. The predicted octanol–water partition coefficient (Wildman–Crippen LogP) is 2.90. The Bertz CT molecular complexity index is 749. The van der Waals surface area contributed by atoms with Gasteiger partial charge in [0.2, 0.25) is 5.91 Å². The van der Waals surface area contributed by atoms with Gasteiger partial charge < -0.3 is 25.3 Å². The fourth-order valence-corrected chi connectivity index (χ4v) is 2.75. The summed E-state index contributed by atoms with van der Waals surface area (Å²) in [6.45, 7) is 9.89. The molecule has 0 radical (unpaired) electrons.